The molecular weight excluding hydrogens is 504 g/mol. The molecule has 0 radical (unpaired) electrons. The van der Waals surface area contributed by atoms with Gasteiger partial charge in [-0.3, -0.25) is 14.3 Å². The quantitative estimate of drug-likeness (QED) is 0.290. The van der Waals surface area contributed by atoms with Gasteiger partial charge in [-0.25, -0.2) is 14.9 Å². The number of aromatic amines is 2. The summed E-state index contributed by atoms with van der Waals surface area (Å²) in [6, 6.07) is 26.1. The monoisotopic (exact) mass is 532 g/mol. The zero-order valence-corrected chi connectivity index (χ0v) is 22.0. The van der Waals surface area contributed by atoms with Crippen molar-refractivity contribution in [1.82, 2.24) is 39.7 Å². The molecule has 3 aromatic carbocycles. The Bertz CT molecular complexity index is 1870. The third-order valence-electron chi connectivity index (χ3n) is 7.04. The van der Waals surface area contributed by atoms with E-state index in [1.165, 1.54) is 0 Å². The lowest BCUT2D eigenvalue weighted by atomic mass is 9.98. The third kappa shape index (κ3) is 4.86. The highest BCUT2D eigenvalue weighted by Crippen LogP contribution is 2.30. The van der Waals surface area contributed by atoms with Gasteiger partial charge in [0.2, 0.25) is 0 Å². The molecule has 40 heavy (non-hydrogen) atoms. The molecule has 10 heteroatoms. The first-order chi connectivity index (χ1) is 19.6. The highest BCUT2D eigenvalue weighted by Gasteiger charge is 2.19. The maximum atomic E-state index is 13.1. The topological polar surface area (TPSA) is 127 Å². The maximum Gasteiger partial charge on any atom is 0.330 e. The molecule has 0 aliphatic heterocycles. The molecule has 3 heterocycles. The summed E-state index contributed by atoms with van der Waals surface area (Å²) in [4.78, 5) is 33.3. The number of tetrazole rings is 1. The van der Waals surface area contributed by atoms with E-state index < -0.39 is 11.2 Å². The van der Waals surface area contributed by atoms with Gasteiger partial charge in [0.15, 0.2) is 17.0 Å². The van der Waals surface area contributed by atoms with Gasteiger partial charge in [0.25, 0.3) is 5.56 Å². The molecule has 10 nitrogen and oxygen atoms in total. The predicted molar refractivity (Wildman–Crippen MR) is 153 cm³/mol. The van der Waals surface area contributed by atoms with Crippen molar-refractivity contribution in [3.63, 3.8) is 0 Å². The van der Waals surface area contributed by atoms with E-state index in [-0.39, 0.29) is 0 Å². The minimum absolute atomic E-state index is 0.419. The molecule has 200 valence electrons. The normalized spacial score (nSPS) is 11.3. The number of nitrogens with zero attached hydrogens (tertiary/aromatic N) is 6. The van der Waals surface area contributed by atoms with Crippen LogP contribution in [-0.4, -0.2) is 39.7 Å². The zero-order valence-electron chi connectivity index (χ0n) is 22.0. The highest BCUT2D eigenvalue weighted by molar-refractivity contribution is 5.80. The van der Waals surface area contributed by atoms with Crippen LogP contribution >= 0.6 is 0 Å². The van der Waals surface area contributed by atoms with E-state index in [4.69, 9.17) is 4.98 Å². The van der Waals surface area contributed by atoms with Gasteiger partial charge in [0.1, 0.15) is 5.82 Å². The molecule has 6 aromatic rings. The van der Waals surface area contributed by atoms with Crippen LogP contribution in [0.4, 0.5) is 0 Å². The van der Waals surface area contributed by atoms with Crippen molar-refractivity contribution < 1.29 is 0 Å². The molecule has 0 saturated carbocycles. The molecular formula is C30H28N8O2. The van der Waals surface area contributed by atoms with E-state index in [0.29, 0.717) is 42.9 Å². The third-order valence-corrected chi connectivity index (χ3v) is 7.04. The van der Waals surface area contributed by atoms with E-state index in [2.05, 4.69) is 44.7 Å². The molecule has 0 saturated heterocycles. The Morgan fingerprint density at radius 1 is 0.800 bits per heavy atom. The van der Waals surface area contributed by atoms with Gasteiger partial charge in [-0.1, -0.05) is 85.8 Å². The van der Waals surface area contributed by atoms with Crippen LogP contribution in [0.1, 0.15) is 30.3 Å². The van der Waals surface area contributed by atoms with Crippen molar-refractivity contribution in [3.05, 3.63) is 117 Å². The summed E-state index contributed by atoms with van der Waals surface area (Å²) in [6.07, 6.45) is 2.21. The molecule has 0 unspecified atom stereocenters. The van der Waals surface area contributed by atoms with E-state index in [0.717, 1.165) is 40.1 Å². The van der Waals surface area contributed by atoms with Crippen molar-refractivity contribution in [2.75, 3.05) is 0 Å². The summed E-state index contributed by atoms with van der Waals surface area (Å²) in [7, 11) is 0. The zero-order chi connectivity index (χ0) is 27.5. The van der Waals surface area contributed by atoms with Gasteiger partial charge in [-0.2, -0.15) is 0 Å². The average molecular weight is 533 g/mol. The Morgan fingerprint density at radius 2 is 1.55 bits per heavy atom. The van der Waals surface area contributed by atoms with Crippen LogP contribution in [0.25, 0.3) is 33.7 Å². The largest absolute Gasteiger partial charge is 0.330 e. The minimum atomic E-state index is -0.439. The fraction of sp³-hybridized carbons (Fsp3) is 0.200. The molecule has 0 bridgehead atoms. The van der Waals surface area contributed by atoms with Crippen LogP contribution in [0.2, 0.25) is 0 Å². The van der Waals surface area contributed by atoms with Crippen LogP contribution in [0.3, 0.4) is 0 Å². The van der Waals surface area contributed by atoms with Crippen molar-refractivity contribution in [2.24, 2.45) is 0 Å². The Balaban J connectivity index is 1.35. The molecule has 6 rings (SSSR count). The van der Waals surface area contributed by atoms with Crippen LogP contribution in [-0.2, 0) is 25.9 Å². The van der Waals surface area contributed by atoms with Crippen LogP contribution in [0.15, 0.2) is 88.5 Å². The maximum absolute atomic E-state index is 13.1. The first-order valence-electron chi connectivity index (χ1n) is 13.3. The average Bonchev–Trinajstić information content (AvgIpc) is 3.63. The van der Waals surface area contributed by atoms with Crippen LogP contribution in [0.5, 0.6) is 0 Å². The number of rotatable bonds is 9. The lowest BCUT2D eigenvalue weighted by molar-refractivity contribution is 0.666. The van der Waals surface area contributed by atoms with E-state index in [1.807, 2.05) is 71.3 Å². The number of H-pyrrole nitrogens is 2. The van der Waals surface area contributed by atoms with Gasteiger partial charge < -0.3 is 4.57 Å². The van der Waals surface area contributed by atoms with Crippen molar-refractivity contribution in [2.45, 2.75) is 39.3 Å². The number of aromatic nitrogens is 8. The fourth-order valence-corrected chi connectivity index (χ4v) is 5.08. The van der Waals surface area contributed by atoms with Crippen molar-refractivity contribution in [1.29, 1.82) is 0 Å². The van der Waals surface area contributed by atoms with Crippen LogP contribution in [0, 0.1) is 0 Å². The molecule has 2 N–H and O–H groups in total. The van der Waals surface area contributed by atoms with Crippen molar-refractivity contribution >= 4 is 11.2 Å². The molecule has 0 atom stereocenters. The molecule has 0 aliphatic carbocycles. The highest BCUT2D eigenvalue weighted by atomic mass is 16.2. The molecule has 0 fully saturated rings. The predicted octanol–water partition coefficient (Wildman–Crippen LogP) is 3.98. The second-order valence-electron chi connectivity index (χ2n) is 9.68. The van der Waals surface area contributed by atoms with E-state index in [1.54, 1.807) is 4.57 Å². The number of imidazole rings is 1. The smallest absolute Gasteiger partial charge is 0.318 e. The second-order valence-corrected chi connectivity index (χ2v) is 9.68. The summed E-state index contributed by atoms with van der Waals surface area (Å²) in [6.45, 7) is 2.96. The van der Waals surface area contributed by atoms with Gasteiger partial charge in [-0.15, -0.1) is 5.10 Å². The standard InChI is InChI=1S/C30H28N8O2/c1-2-8-25-31-28-26(29(39)32-30(40)37(28)18-17-20-9-4-3-5-10-20)38(25)19-21-13-15-22(16-14-21)23-11-6-7-12-24(23)27-33-35-36-34-27/h3-7,9-16H,2,8,17-19H2,1H3,(H,32,39,40)(H,33,34,35,36). The Morgan fingerprint density at radius 3 is 2.27 bits per heavy atom. The minimum Gasteiger partial charge on any atom is -0.318 e. The second kappa shape index (κ2) is 10.9. The molecule has 0 aliphatic rings. The summed E-state index contributed by atoms with van der Waals surface area (Å²) >= 11 is 0. The number of nitrogens with one attached hydrogen (secondary N) is 2. The Labute approximate surface area is 229 Å². The number of hydrogen-bond acceptors (Lipinski definition) is 6. The number of benzene rings is 3. The summed E-state index contributed by atoms with van der Waals surface area (Å²) in [5.41, 5.74) is 5.06. The first kappa shape index (κ1) is 25.2. The fourth-order valence-electron chi connectivity index (χ4n) is 5.08. The van der Waals surface area contributed by atoms with Crippen LogP contribution < -0.4 is 11.2 Å². The summed E-state index contributed by atoms with van der Waals surface area (Å²) < 4.78 is 3.52. The van der Waals surface area contributed by atoms with Gasteiger partial charge in [0.05, 0.1) is 0 Å². The van der Waals surface area contributed by atoms with E-state index >= 15 is 0 Å². The van der Waals surface area contributed by atoms with Crippen molar-refractivity contribution in [3.8, 4) is 22.5 Å². The van der Waals surface area contributed by atoms with E-state index in [9.17, 15) is 9.59 Å². The van der Waals surface area contributed by atoms with Gasteiger partial charge in [0, 0.05) is 25.1 Å². The van der Waals surface area contributed by atoms with Gasteiger partial charge >= 0.3 is 5.69 Å². The van der Waals surface area contributed by atoms with Gasteiger partial charge in [-0.05, 0) is 45.5 Å². The summed E-state index contributed by atoms with van der Waals surface area (Å²) in [5.74, 6) is 1.39. The summed E-state index contributed by atoms with van der Waals surface area (Å²) in [5, 5.41) is 14.3. The lowest BCUT2D eigenvalue weighted by Gasteiger charge is -2.11. The lowest BCUT2D eigenvalue weighted by Crippen LogP contribution is -2.31. The number of aryl methyl sites for hydroxylation is 3. The number of hydrogen-bond donors (Lipinski definition) is 2. The number of fused-ring (bicyclic) bond motifs is 1. The molecule has 3 aromatic heterocycles. The SMILES string of the molecule is CCCc1nc2c(c(=O)[nH]c(=O)n2CCc2ccccc2)n1Cc1ccc(-c2ccccc2-c2nnn[nH]2)cc1. The Kier molecular flexibility index (Phi) is 6.88. The first-order valence-corrected chi connectivity index (χ1v) is 13.3. The molecule has 0 amide bonds. The molecule has 0 spiro atoms. The Hall–Kier alpha value is -5.12.